The summed E-state index contributed by atoms with van der Waals surface area (Å²) < 4.78 is 11.9. The molecule has 1 aromatic heterocycles. The lowest BCUT2D eigenvalue weighted by molar-refractivity contribution is -0.155. The molecule has 124 valence electrons. The Morgan fingerprint density at radius 2 is 1.68 bits per heavy atom. The molecule has 0 aromatic carbocycles. The zero-order valence-electron chi connectivity index (χ0n) is 14.3. The normalized spacial score (nSPS) is 12.0. The molecule has 0 aliphatic carbocycles. The second-order valence-corrected chi connectivity index (χ2v) is 7.04. The van der Waals surface area contributed by atoms with Crippen LogP contribution in [0.15, 0.2) is 6.07 Å². The van der Waals surface area contributed by atoms with E-state index in [-0.39, 0.29) is 12.5 Å². The van der Waals surface area contributed by atoms with E-state index < -0.39 is 17.3 Å². The van der Waals surface area contributed by atoms with Crippen LogP contribution in [0.5, 0.6) is 0 Å². The SMILES string of the molecule is Cc1cc(NC(=O)OC(C)(C)C)nn1CC(=O)OC(C)(C)C. The van der Waals surface area contributed by atoms with Gasteiger partial charge in [-0.1, -0.05) is 0 Å². The van der Waals surface area contributed by atoms with E-state index in [1.165, 1.54) is 4.68 Å². The third kappa shape index (κ3) is 6.60. The minimum absolute atomic E-state index is 0.0148. The summed E-state index contributed by atoms with van der Waals surface area (Å²) in [6.45, 7) is 12.5. The van der Waals surface area contributed by atoms with Gasteiger partial charge in [0.1, 0.15) is 17.7 Å². The van der Waals surface area contributed by atoms with E-state index in [0.29, 0.717) is 5.82 Å². The predicted octanol–water partition coefficient (Wildman–Crippen LogP) is 2.88. The molecule has 0 spiro atoms. The number of nitrogens with zero attached hydrogens (tertiary/aromatic N) is 2. The lowest BCUT2D eigenvalue weighted by atomic mass is 10.2. The summed E-state index contributed by atoms with van der Waals surface area (Å²) in [6, 6.07) is 1.66. The lowest BCUT2D eigenvalue weighted by Gasteiger charge is -2.19. The van der Waals surface area contributed by atoms with Crippen LogP contribution in [0.4, 0.5) is 10.6 Å². The van der Waals surface area contributed by atoms with Gasteiger partial charge in [-0.05, 0) is 48.5 Å². The topological polar surface area (TPSA) is 82.5 Å². The van der Waals surface area contributed by atoms with Crippen LogP contribution >= 0.6 is 0 Å². The van der Waals surface area contributed by atoms with Gasteiger partial charge >= 0.3 is 12.1 Å². The number of anilines is 1. The molecule has 0 saturated heterocycles. The smallest absolute Gasteiger partial charge is 0.413 e. The van der Waals surface area contributed by atoms with E-state index in [1.807, 2.05) is 0 Å². The Labute approximate surface area is 131 Å². The van der Waals surface area contributed by atoms with Crippen molar-refractivity contribution >= 4 is 17.9 Å². The van der Waals surface area contributed by atoms with Gasteiger partial charge in [-0.15, -0.1) is 0 Å². The van der Waals surface area contributed by atoms with Crippen molar-refractivity contribution in [2.45, 2.75) is 66.2 Å². The second kappa shape index (κ2) is 6.37. The van der Waals surface area contributed by atoms with Crippen LogP contribution in [0, 0.1) is 6.92 Å². The maximum absolute atomic E-state index is 11.8. The fourth-order valence-electron chi connectivity index (χ4n) is 1.64. The Balaban J connectivity index is 2.68. The molecule has 1 N–H and O–H groups in total. The molecule has 0 saturated carbocycles. The highest BCUT2D eigenvalue weighted by atomic mass is 16.6. The van der Waals surface area contributed by atoms with Crippen LogP contribution < -0.4 is 5.32 Å². The number of amides is 1. The van der Waals surface area contributed by atoms with Crippen LogP contribution in [0.25, 0.3) is 0 Å². The molecule has 1 heterocycles. The fourth-order valence-corrected chi connectivity index (χ4v) is 1.64. The number of ether oxygens (including phenoxy) is 2. The monoisotopic (exact) mass is 311 g/mol. The van der Waals surface area contributed by atoms with E-state index in [2.05, 4.69) is 10.4 Å². The number of carbonyl (C=O) groups excluding carboxylic acids is 2. The predicted molar refractivity (Wildman–Crippen MR) is 82.7 cm³/mol. The van der Waals surface area contributed by atoms with E-state index >= 15 is 0 Å². The van der Waals surface area contributed by atoms with Gasteiger partial charge in [0.25, 0.3) is 0 Å². The van der Waals surface area contributed by atoms with Crippen LogP contribution in [-0.2, 0) is 20.8 Å². The van der Waals surface area contributed by atoms with E-state index in [9.17, 15) is 9.59 Å². The first kappa shape index (κ1) is 18.0. The first-order valence-corrected chi connectivity index (χ1v) is 7.12. The number of aromatic nitrogens is 2. The average Bonchev–Trinajstić information content (AvgIpc) is 2.52. The molecule has 7 heteroatoms. The molecule has 1 amide bonds. The van der Waals surface area contributed by atoms with Gasteiger partial charge in [-0.25, -0.2) is 4.79 Å². The highest BCUT2D eigenvalue weighted by Gasteiger charge is 2.20. The Morgan fingerprint density at radius 3 is 2.18 bits per heavy atom. The Morgan fingerprint density at radius 1 is 1.14 bits per heavy atom. The number of rotatable bonds is 3. The summed E-state index contributed by atoms with van der Waals surface area (Å²) in [6.07, 6.45) is -0.589. The summed E-state index contributed by atoms with van der Waals surface area (Å²) in [4.78, 5) is 23.5. The maximum Gasteiger partial charge on any atom is 0.413 e. The minimum atomic E-state index is -0.589. The molecule has 7 nitrogen and oxygen atoms in total. The van der Waals surface area contributed by atoms with Crippen molar-refractivity contribution in [2.24, 2.45) is 0 Å². The van der Waals surface area contributed by atoms with E-state index in [4.69, 9.17) is 9.47 Å². The summed E-state index contributed by atoms with van der Waals surface area (Å²) in [5.74, 6) is -0.0576. The quantitative estimate of drug-likeness (QED) is 0.868. The molecule has 22 heavy (non-hydrogen) atoms. The number of aryl methyl sites for hydroxylation is 1. The molecule has 0 radical (unpaired) electrons. The summed E-state index contributed by atoms with van der Waals surface area (Å²) in [5, 5.41) is 6.69. The number of nitrogens with one attached hydrogen (secondary N) is 1. The van der Waals surface area contributed by atoms with Gasteiger partial charge in [-0.2, -0.15) is 5.10 Å². The highest BCUT2D eigenvalue weighted by molar-refractivity contribution is 5.83. The third-order valence-corrected chi connectivity index (χ3v) is 2.31. The molecule has 0 fully saturated rings. The van der Waals surface area contributed by atoms with Crippen molar-refractivity contribution in [3.63, 3.8) is 0 Å². The van der Waals surface area contributed by atoms with Crippen molar-refractivity contribution < 1.29 is 19.1 Å². The first-order chi connectivity index (χ1) is 9.85. The summed E-state index contributed by atoms with van der Waals surface area (Å²) in [7, 11) is 0. The number of hydrogen-bond donors (Lipinski definition) is 1. The largest absolute Gasteiger partial charge is 0.459 e. The minimum Gasteiger partial charge on any atom is -0.459 e. The summed E-state index contributed by atoms with van der Waals surface area (Å²) in [5.41, 5.74) is -0.398. The zero-order valence-corrected chi connectivity index (χ0v) is 14.3. The molecular weight excluding hydrogens is 286 g/mol. The molecule has 1 aromatic rings. The molecular formula is C15H25N3O4. The van der Waals surface area contributed by atoms with Crippen LogP contribution in [-0.4, -0.2) is 33.0 Å². The highest BCUT2D eigenvalue weighted by Crippen LogP contribution is 2.13. The van der Waals surface area contributed by atoms with E-state index in [1.54, 1.807) is 54.5 Å². The van der Waals surface area contributed by atoms with Gasteiger partial charge in [-0.3, -0.25) is 14.8 Å². The van der Waals surface area contributed by atoms with Crippen LogP contribution in [0.3, 0.4) is 0 Å². The van der Waals surface area contributed by atoms with Crippen molar-refractivity contribution in [1.82, 2.24) is 9.78 Å². The van der Waals surface area contributed by atoms with Gasteiger partial charge in [0.2, 0.25) is 0 Å². The Bertz CT molecular complexity index is 550. The van der Waals surface area contributed by atoms with Crippen molar-refractivity contribution in [2.75, 3.05) is 5.32 Å². The number of esters is 1. The van der Waals surface area contributed by atoms with E-state index in [0.717, 1.165) is 5.69 Å². The Hall–Kier alpha value is -2.05. The second-order valence-electron chi connectivity index (χ2n) is 7.04. The third-order valence-electron chi connectivity index (χ3n) is 2.31. The van der Waals surface area contributed by atoms with Crippen molar-refractivity contribution in [3.05, 3.63) is 11.8 Å². The van der Waals surface area contributed by atoms with Gasteiger partial charge in [0.15, 0.2) is 5.82 Å². The van der Waals surface area contributed by atoms with Gasteiger partial charge < -0.3 is 9.47 Å². The average molecular weight is 311 g/mol. The van der Waals surface area contributed by atoms with Crippen LogP contribution in [0.1, 0.15) is 47.2 Å². The number of carbonyl (C=O) groups is 2. The maximum atomic E-state index is 11.8. The molecule has 0 aliphatic rings. The summed E-state index contributed by atoms with van der Waals surface area (Å²) >= 11 is 0. The number of hydrogen-bond acceptors (Lipinski definition) is 5. The fraction of sp³-hybridized carbons (Fsp3) is 0.667. The zero-order chi connectivity index (χ0) is 17.1. The van der Waals surface area contributed by atoms with Crippen LogP contribution in [0.2, 0.25) is 0 Å². The van der Waals surface area contributed by atoms with Crippen molar-refractivity contribution in [1.29, 1.82) is 0 Å². The standard InChI is InChI=1S/C15H25N3O4/c1-10-8-11(16-13(20)22-15(5,6)7)17-18(10)9-12(19)21-14(2,3)4/h8H,9H2,1-7H3,(H,16,17,20). The Kier molecular flexibility index (Phi) is 5.22. The van der Waals surface area contributed by atoms with Gasteiger partial charge in [0.05, 0.1) is 0 Å². The van der Waals surface area contributed by atoms with Crippen molar-refractivity contribution in [3.8, 4) is 0 Å². The molecule has 1 rings (SSSR count). The molecule has 0 atom stereocenters. The van der Waals surface area contributed by atoms with Gasteiger partial charge in [0, 0.05) is 11.8 Å². The molecule has 0 aliphatic heterocycles. The first-order valence-electron chi connectivity index (χ1n) is 7.12. The molecule has 0 bridgehead atoms. The molecule has 0 unspecified atom stereocenters. The lowest BCUT2D eigenvalue weighted by Crippen LogP contribution is -2.28.